The molecule has 1 N–H and O–H groups in total. The molecule has 1 saturated heterocycles. The van der Waals surface area contributed by atoms with Crippen molar-refractivity contribution in [3.8, 4) is 0 Å². The van der Waals surface area contributed by atoms with Gasteiger partial charge in [-0.1, -0.05) is 30.3 Å². The van der Waals surface area contributed by atoms with E-state index in [1.807, 2.05) is 24.3 Å². The van der Waals surface area contributed by atoms with Gasteiger partial charge in [0.15, 0.2) is 0 Å². The van der Waals surface area contributed by atoms with Crippen LogP contribution in [0, 0.1) is 6.92 Å². The minimum absolute atomic E-state index is 0.181. The highest BCUT2D eigenvalue weighted by Crippen LogP contribution is 2.34. The summed E-state index contributed by atoms with van der Waals surface area (Å²) in [5.41, 5.74) is 7.22. The number of hydrogen-bond acceptors (Lipinski definition) is 4. The largest absolute Gasteiger partial charge is 0.306 e. The number of fused-ring (bicyclic) bond motifs is 1. The fraction of sp³-hybridized carbons (Fsp3) is 0.269. The Balaban J connectivity index is 1.42. The minimum atomic E-state index is -0.181. The van der Waals surface area contributed by atoms with Crippen LogP contribution in [0.25, 0.3) is 0 Å². The zero-order valence-corrected chi connectivity index (χ0v) is 17.8. The lowest BCUT2D eigenvalue weighted by Gasteiger charge is -2.16. The summed E-state index contributed by atoms with van der Waals surface area (Å²) in [6, 6.07) is 18.0. The highest BCUT2D eigenvalue weighted by Gasteiger charge is 2.23. The van der Waals surface area contributed by atoms with Gasteiger partial charge in [0.25, 0.3) is 5.91 Å². The van der Waals surface area contributed by atoms with Crippen LogP contribution in [0.4, 0.5) is 11.5 Å². The predicted molar refractivity (Wildman–Crippen MR) is 124 cm³/mol. The van der Waals surface area contributed by atoms with E-state index in [9.17, 15) is 4.79 Å². The lowest BCUT2D eigenvalue weighted by Crippen LogP contribution is -2.18. The zero-order chi connectivity index (χ0) is 21.2. The van der Waals surface area contributed by atoms with Crippen molar-refractivity contribution in [1.82, 2.24) is 9.88 Å². The van der Waals surface area contributed by atoms with Crippen LogP contribution in [0.1, 0.15) is 45.5 Å². The molecular weight excluding hydrogens is 384 g/mol. The smallest absolute Gasteiger partial charge is 0.259 e. The number of nitrogens with one attached hydrogen (secondary N) is 1. The van der Waals surface area contributed by atoms with E-state index in [0.29, 0.717) is 11.4 Å². The molecule has 3 aromatic rings. The van der Waals surface area contributed by atoms with Crippen molar-refractivity contribution < 1.29 is 4.79 Å². The lowest BCUT2D eigenvalue weighted by atomic mass is 9.97. The fourth-order valence-electron chi connectivity index (χ4n) is 4.46. The molecule has 0 aliphatic carbocycles. The number of aryl methyl sites for hydroxylation is 1. The first kappa shape index (κ1) is 19.6. The van der Waals surface area contributed by atoms with Crippen LogP contribution in [-0.4, -0.2) is 34.6 Å². The molecule has 0 bridgehead atoms. The first-order chi connectivity index (χ1) is 15.2. The molecule has 2 aliphatic heterocycles. The first-order valence-corrected chi connectivity index (χ1v) is 10.9. The molecule has 3 heterocycles. The van der Waals surface area contributed by atoms with Gasteiger partial charge >= 0.3 is 0 Å². The predicted octanol–water partition coefficient (Wildman–Crippen LogP) is 4.92. The van der Waals surface area contributed by atoms with E-state index in [-0.39, 0.29) is 5.91 Å². The fourth-order valence-corrected chi connectivity index (χ4v) is 4.46. The van der Waals surface area contributed by atoms with Gasteiger partial charge in [0, 0.05) is 19.2 Å². The lowest BCUT2D eigenvalue weighted by molar-refractivity contribution is 0.102. The summed E-state index contributed by atoms with van der Waals surface area (Å²) in [5.74, 6) is 0.359. The molecule has 5 nitrogen and oxygen atoms in total. The molecule has 0 saturated carbocycles. The molecule has 0 spiro atoms. The topological polar surface area (TPSA) is 57.6 Å². The second kappa shape index (κ2) is 8.44. The van der Waals surface area contributed by atoms with Crippen LogP contribution in [0.5, 0.6) is 0 Å². The molecule has 0 atom stereocenters. The molecule has 2 aromatic carbocycles. The van der Waals surface area contributed by atoms with E-state index in [0.717, 1.165) is 29.9 Å². The monoisotopic (exact) mass is 410 g/mol. The Labute approximate surface area is 182 Å². The molecule has 2 aliphatic rings. The van der Waals surface area contributed by atoms with Gasteiger partial charge in [0.05, 0.1) is 17.0 Å². The molecule has 5 rings (SSSR count). The van der Waals surface area contributed by atoms with Gasteiger partial charge in [0.2, 0.25) is 0 Å². The van der Waals surface area contributed by atoms with Crippen molar-refractivity contribution in [3.63, 3.8) is 0 Å². The van der Waals surface area contributed by atoms with Crippen molar-refractivity contribution >= 4 is 23.1 Å². The number of carbonyl (C=O) groups is 1. The van der Waals surface area contributed by atoms with Crippen LogP contribution >= 0.6 is 0 Å². The molecule has 1 fully saturated rings. The van der Waals surface area contributed by atoms with E-state index >= 15 is 0 Å². The van der Waals surface area contributed by atoms with Crippen LogP contribution in [0.3, 0.4) is 0 Å². The maximum absolute atomic E-state index is 12.9. The average molecular weight is 411 g/mol. The molecule has 5 heteroatoms. The number of aliphatic imine (C=N–C) groups is 1. The van der Waals surface area contributed by atoms with Crippen molar-refractivity contribution in [2.24, 2.45) is 4.99 Å². The minimum Gasteiger partial charge on any atom is -0.306 e. The van der Waals surface area contributed by atoms with Gasteiger partial charge < -0.3 is 5.32 Å². The number of carbonyl (C=O) groups excluding carboxylic acids is 1. The van der Waals surface area contributed by atoms with E-state index in [1.54, 1.807) is 12.3 Å². The number of likely N-dealkylation sites (tertiary alicyclic amines) is 1. The van der Waals surface area contributed by atoms with Crippen LogP contribution < -0.4 is 5.32 Å². The summed E-state index contributed by atoms with van der Waals surface area (Å²) < 4.78 is 0. The van der Waals surface area contributed by atoms with Crippen LogP contribution in [0.15, 0.2) is 65.8 Å². The highest BCUT2D eigenvalue weighted by molar-refractivity contribution is 6.13. The summed E-state index contributed by atoms with van der Waals surface area (Å²) in [7, 11) is 0. The average Bonchev–Trinajstić information content (AvgIpc) is 3.45. The van der Waals surface area contributed by atoms with Gasteiger partial charge in [-0.15, -0.1) is 0 Å². The second-order valence-electron chi connectivity index (χ2n) is 8.35. The van der Waals surface area contributed by atoms with Gasteiger partial charge in [-0.25, -0.2) is 4.98 Å². The van der Waals surface area contributed by atoms with E-state index < -0.39 is 0 Å². The number of benzene rings is 2. The number of aromatic nitrogens is 1. The van der Waals surface area contributed by atoms with Crippen molar-refractivity contribution in [2.75, 3.05) is 18.4 Å². The van der Waals surface area contributed by atoms with Crippen molar-refractivity contribution in [2.45, 2.75) is 32.7 Å². The Morgan fingerprint density at radius 3 is 2.74 bits per heavy atom. The molecule has 0 radical (unpaired) electrons. The zero-order valence-electron chi connectivity index (χ0n) is 17.8. The van der Waals surface area contributed by atoms with Crippen molar-refractivity contribution in [3.05, 3.63) is 88.6 Å². The Hall–Kier alpha value is -3.31. The van der Waals surface area contributed by atoms with Crippen molar-refractivity contribution in [1.29, 1.82) is 0 Å². The first-order valence-electron chi connectivity index (χ1n) is 10.9. The van der Waals surface area contributed by atoms with Gasteiger partial charge in [-0.3, -0.25) is 14.7 Å². The molecule has 31 heavy (non-hydrogen) atoms. The number of para-hydroxylation sites is 1. The summed E-state index contributed by atoms with van der Waals surface area (Å²) in [5, 5.41) is 2.88. The summed E-state index contributed by atoms with van der Waals surface area (Å²) in [4.78, 5) is 24.6. The third-order valence-corrected chi connectivity index (χ3v) is 6.09. The van der Waals surface area contributed by atoms with Gasteiger partial charge in [-0.2, -0.15) is 0 Å². The number of rotatable bonds is 5. The Kier molecular flexibility index (Phi) is 5.35. The summed E-state index contributed by atoms with van der Waals surface area (Å²) >= 11 is 0. The van der Waals surface area contributed by atoms with E-state index in [1.165, 1.54) is 42.6 Å². The second-order valence-corrected chi connectivity index (χ2v) is 8.35. The Bertz CT molecular complexity index is 1150. The number of hydrogen-bond donors (Lipinski definition) is 1. The highest BCUT2D eigenvalue weighted by atomic mass is 16.1. The normalized spacial score (nSPS) is 15.6. The Morgan fingerprint density at radius 2 is 1.94 bits per heavy atom. The maximum atomic E-state index is 12.9. The maximum Gasteiger partial charge on any atom is 0.259 e. The third kappa shape index (κ3) is 4.14. The Morgan fingerprint density at radius 1 is 1.06 bits per heavy atom. The number of anilines is 1. The van der Waals surface area contributed by atoms with E-state index in [4.69, 9.17) is 4.99 Å². The number of pyridine rings is 1. The summed E-state index contributed by atoms with van der Waals surface area (Å²) in [6.45, 7) is 5.50. The van der Waals surface area contributed by atoms with E-state index in [2.05, 4.69) is 46.4 Å². The molecule has 1 amide bonds. The van der Waals surface area contributed by atoms with Crippen LogP contribution in [0.2, 0.25) is 0 Å². The molecule has 156 valence electrons. The third-order valence-electron chi connectivity index (χ3n) is 6.09. The number of amides is 1. The SMILES string of the molecule is Cc1ccc(CN2CCCC2)cc1C1=Nc2c(cccc2C(=O)Nc2ccccn2)C1. The quantitative estimate of drug-likeness (QED) is 0.650. The molecule has 0 unspecified atom stereocenters. The molecule has 1 aromatic heterocycles. The number of nitrogens with zero attached hydrogens (tertiary/aromatic N) is 3. The van der Waals surface area contributed by atoms with Gasteiger partial charge in [0.1, 0.15) is 5.82 Å². The van der Waals surface area contributed by atoms with Gasteiger partial charge in [-0.05, 0) is 79.4 Å². The van der Waals surface area contributed by atoms with Crippen LogP contribution in [-0.2, 0) is 13.0 Å². The standard InChI is InChI=1S/C26H26N4O/c1-18-10-11-19(17-30-13-4-5-14-30)15-22(18)23-16-20-7-6-8-21(25(20)28-23)26(31)29-24-9-2-3-12-27-24/h2-3,6-12,15H,4-5,13-14,16-17H2,1H3,(H,27,29,31). The molecular formula is C26H26N4O. The summed E-state index contributed by atoms with van der Waals surface area (Å²) in [6.07, 6.45) is 5.00.